The number of amides is 2. The van der Waals surface area contributed by atoms with Crippen LogP contribution in [0.3, 0.4) is 0 Å². The van der Waals surface area contributed by atoms with E-state index in [2.05, 4.69) is 24.1 Å². The number of likely N-dealkylation sites (N-methyl/N-ethyl adjacent to an activating group) is 1. The predicted octanol–water partition coefficient (Wildman–Crippen LogP) is 3.11. The average Bonchev–Trinajstić information content (AvgIpc) is 3.09. The van der Waals surface area contributed by atoms with Crippen LogP contribution in [0.2, 0.25) is 0 Å². The number of hydrogen-bond donors (Lipinski definition) is 1. The average molecular weight is 337 g/mol. The maximum absolute atomic E-state index is 12.1. The van der Waals surface area contributed by atoms with Crippen LogP contribution in [0.15, 0.2) is 22.9 Å². The largest absolute Gasteiger partial charge is 0.345 e. The third kappa shape index (κ3) is 4.64. The van der Waals surface area contributed by atoms with Crippen LogP contribution in [0, 0.1) is 5.92 Å². The van der Waals surface area contributed by atoms with Gasteiger partial charge in [-0.1, -0.05) is 19.9 Å². The number of aromatic nitrogens is 1. The number of nitrogens with one attached hydrogen (secondary N) is 1. The van der Waals surface area contributed by atoms with Crippen LogP contribution in [0.5, 0.6) is 0 Å². The van der Waals surface area contributed by atoms with E-state index in [0.29, 0.717) is 21.6 Å². The van der Waals surface area contributed by atoms with Crippen LogP contribution in [0.1, 0.15) is 29.2 Å². The van der Waals surface area contributed by atoms with E-state index in [0.717, 1.165) is 6.54 Å². The molecule has 1 N–H and O–H groups in total. The molecular weight excluding hydrogens is 318 g/mol. The van der Waals surface area contributed by atoms with Gasteiger partial charge in [0.1, 0.15) is 0 Å². The highest BCUT2D eigenvalue weighted by Gasteiger charge is 2.14. The molecule has 2 aromatic rings. The summed E-state index contributed by atoms with van der Waals surface area (Å²) in [6.07, 6.45) is 0.259. The molecule has 2 amide bonds. The normalized spacial score (nSPS) is 10.7. The zero-order valence-corrected chi connectivity index (χ0v) is 14.5. The molecular formula is C15H19N3O2S2. The van der Waals surface area contributed by atoms with Crippen molar-refractivity contribution in [2.45, 2.75) is 20.3 Å². The second kappa shape index (κ2) is 7.51. The lowest BCUT2D eigenvalue weighted by atomic mass is 10.2. The van der Waals surface area contributed by atoms with Gasteiger partial charge in [0.25, 0.3) is 5.91 Å². The van der Waals surface area contributed by atoms with E-state index in [9.17, 15) is 9.59 Å². The van der Waals surface area contributed by atoms with Gasteiger partial charge in [-0.05, 0) is 17.4 Å². The Morgan fingerprint density at radius 2 is 2.14 bits per heavy atom. The lowest BCUT2D eigenvalue weighted by Gasteiger charge is -2.18. The fraction of sp³-hybridized carbons (Fsp3) is 0.400. The summed E-state index contributed by atoms with van der Waals surface area (Å²) in [6, 6.07) is 3.59. The third-order valence-electron chi connectivity index (χ3n) is 2.91. The van der Waals surface area contributed by atoms with E-state index < -0.39 is 0 Å². The Bertz CT molecular complexity index is 635. The highest BCUT2D eigenvalue weighted by molar-refractivity contribution is 7.14. The lowest BCUT2D eigenvalue weighted by Crippen LogP contribution is -2.31. The predicted molar refractivity (Wildman–Crippen MR) is 90.6 cm³/mol. The molecule has 22 heavy (non-hydrogen) atoms. The molecule has 0 aliphatic carbocycles. The summed E-state index contributed by atoms with van der Waals surface area (Å²) in [7, 11) is 1.80. The number of rotatable bonds is 6. The SMILES string of the molecule is CC(C)CN(C)C(=O)Cc1csc(NC(=O)c2cccs2)n1. The van der Waals surface area contributed by atoms with Crippen molar-refractivity contribution in [2.75, 3.05) is 18.9 Å². The zero-order valence-electron chi connectivity index (χ0n) is 12.8. The number of carbonyl (C=O) groups is 2. The number of thiazole rings is 1. The van der Waals surface area contributed by atoms with Gasteiger partial charge in [0.2, 0.25) is 5.91 Å². The maximum Gasteiger partial charge on any atom is 0.267 e. The molecule has 0 bridgehead atoms. The molecule has 2 aromatic heterocycles. The van der Waals surface area contributed by atoms with Crippen molar-refractivity contribution >= 4 is 39.6 Å². The van der Waals surface area contributed by atoms with Gasteiger partial charge < -0.3 is 4.90 Å². The first-order valence-electron chi connectivity index (χ1n) is 6.99. The van der Waals surface area contributed by atoms with E-state index >= 15 is 0 Å². The van der Waals surface area contributed by atoms with Crippen LogP contribution in [0.25, 0.3) is 0 Å². The van der Waals surface area contributed by atoms with Crippen molar-refractivity contribution in [3.05, 3.63) is 33.5 Å². The second-order valence-electron chi connectivity index (χ2n) is 5.42. The van der Waals surface area contributed by atoms with Crippen LogP contribution in [-0.2, 0) is 11.2 Å². The fourth-order valence-corrected chi connectivity index (χ4v) is 3.28. The number of thiophene rings is 1. The highest BCUT2D eigenvalue weighted by atomic mass is 32.1. The molecule has 0 aliphatic heterocycles. The molecule has 2 heterocycles. The topological polar surface area (TPSA) is 62.3 Å². The van der Waals surface area contributed by atoms with E-state index in [1.165, 1.54) is 22.7 Å². The number of carbonyl (C=O) groups excluding carboxylic acids is 2. The first-order chi connectivity index (χ1) is 10.5. The summed E-state index contributed by atoms with van der Waals surface area (Å²) >= 11 is 2.71. The minimum absolute atomic E-state index is 0.0372. The van der Waals surface area contributed by atoms with Gasteiger partial charge in [-0.3, -0.25) is 14.9 Å². The number of nitrogens with zero attached hydrogens (tertiary/aromatic N) is 2. The van der Waals surface area contributed by atoms with E-state index in [-0.39, 0.29) is 18.2 Å². The minimum Gasteiger partial charge on any atom is -0.345 e. The maximum atomic E-state index is 12.1. The summed E-state index contributed by atoms with van der Waals surface area (Å²) in [4.78, 5) is 30.7. The van der Waals surface area contributed by atoms with Gasteiger partial charge in [-0.15, -0.1) is 22.7 Å². The minimum atomic E-state index is -0.167. The second-order valence-corrected chi connectivity index (χ2v) is 7.23. The highest BCUT2D eigenvalue weighted by Crippen LogP contribution is 2.18. The van der Waals surface area contributed by atoms with E-state index in [4.69, 9.17) is 0 Å². The quantitative estimate of drug-likeness (QED) is 0.881. The number of anilines is 1. The Hall–Kier alpha value is -1.73. The molecule has 2 rings (SSSR count). The van der Waals surface area contributed by atoms with Gasteiger partial charge in [0.15, 0.2) is 5.13 Å². The molecule has 0 aliphatic rings. The first-order valence-corrected chi connectivity index (χ1v) is 8.75. The molecule has 0 saturated heterocycles. The molecule has 0 atom stereocenters. The van der Waals surface area contributed by atoms with Crippen LogP contribution < -0.4 is 5.32 Å². The first kappa shape index (κ1) is 16.6. The van der Waals surface area contributed by atoms with Crippen LogP contribution >= 0.6 is 22.7 Å². The van der Waals surface area contributed by atoms with Crippen molar-refractivity contribution in [3.63, 3.8) is 0 Å². The molecule has 0 unspecified atom stereocenters. The number of hydrogen-bond acceptors (Lipinski definition) is 5. The van der Waals surface area contributed by atoms with Crippen LogP contribution in [-0.4, -0.2) is 35.3 Å². The Morgan fingerprint density at radius 1 is 1.36 bits per heavy atom. The van der Waals surface area contributed by atoms with Crippen molar-refractivity contribution < 1.29 is 9.59 Å². The molecule has 7 heteroatoms. The smallest absolute Gasteiger partial charge is 0.267 e. The van der Waals surface area contributed by atoms with E-state index in [1.807, 2.05) is 16.8 Å². The Kier molecular flexibility index (Phi) is 5.68. The summed E-state index contributed by atoms with van der Waals surface area (Å²) in [5.74, 6) is 0.305. The van der Waals surface area contributed by atoms with Gasteiger partial charge >= 0.3 is 0 Å². The van der Waals surface area contributed by atoms with Crippen molar-refractivity contribution in [2.24, 2.45) is 5.92 Å². The van der Waals surface area contributed by atoms with Gasteiger partial charge in [-0.25, -0.2) is 4.98 Å². The molecule has 5 nitrogen and oxygen atoms in total. The van der Waals surface area contributed by atoms with Crippen molar-refractivity contribution in [1.29, 1.82) is 0 Å². The van der Waals surface area contributed by atoms with Crippen LogP contribution in [0.4, 0.5) is 5.13 Å². The molecule has 0 fully saturated rings. The molecule has 0 saturated carbocycles. The lowest BCUT2D eigenvalue weighted by molar-refractivity contribution is -0.129. The van der Waals surface area contributed by atoms with Gasteiger partial charge in [0.05, 0.1) is 17.0 Å². The molecule has 0 spiro atoms. The summed E-state index contributed by atoms with van der Waals surface area (Å²) in [6.45, 7) is 4.88. The zero-order chi connectivity index (χ0) is 16.1. The Labute approximate surface area is 138 Å². The molecule has 0 radical (unpaired) electrons. The fourth-order valence-electron chi connectivity index (χ4n) is 1.95. The Balaban J connectivity index is 1.91. The summed E-state index contributed by atoms with van der Waals surface area (Å²) in [5, 5.41) is 6.94. The summed E-state index contributed by atoms with van der Waals surface area (Å²) < 4.78 is 0. The molecule has 0 aromatic carbocycles. The monoisotopic (exact) mass is 337 g/mol. The van der Waals surface area contributed by atoms with Crippen molar-refractivity contribution in [1.82, 2.24) is 9.88 Å². The van der Waals surface area contributed by atoms with Gasteiger partial charge in [0, 0.05) is 19.0 Å². The summed E-state index contributed by atoms with van der Waals surface area (Å²) in [5.41, 5.74) is 0.687. The van der Waals surface area contributed by atoms with Crippen molar-refractivity contribution in [3.8, 4) is 0 Å². The van der Waals surface area contributed by atoms with E-state index in [1.54, 1.807) is 18.0 Å². The standard InChI is InChI=1S/C15H19N3O2S2/c1-10(2)8-18(3)13(19)7-11-9-22-15(16-11)17-14(20)12-5-4-6-21-12/h4-6,9-10H,7-8H2,1-3H3,(H,16,17,20). The Morgan fingerprint density at radius 3 is 2.77 bits per heavy atom. The third-order valence-corrected chi connectivity index (χ3v) is 4.59. The van der Waals surface area contributed by atoms with Gasteiger partial charge in [-0.2, -0.15) is 0 Å². The molecule has 118 valence electrons.